The average molecular weight is 394 g/mol. The van der Waals surface area contributed by atoms with Gasteiger partial charge in [0, 0.05) is 18.7 Å². The van der Waals surface area contributed by atoms with Crippen molar-refractivity contribution >= 4 is 29.3 Å². The fourth-order valence-electron chi connectivity index (χ4n) is 3.49. The quantitative estimate of drug-likeness (QED) is 0.637. The van der Waals surface area contributed by atoms with Crippen LogP contribution in [-0.2, 0) is 4.79 Å². The summed E-state index contributed by atoms with van der Waals surface area (Å²) < 4.78 is 1.40. The van der Waals surface area contributed by atoms with Crippen LogP contribution in [-0.4, -0.2) is 44.0 Å². The first kappa shape index (κ1) is 19.0. The number of halogens is 1. The highest BCUT2D eigenvalue weighted by Crippen LogP contribution is 2.30. The first-order valence-corrected chi connectivity index (χ1v) is 10.0. The first-order valence-electron chi connectivity index (χ1n) is 8.77. The number of hydrogen-bond acceptors (Lipinski definition) is 5. The Morgan fingerprint density at radius 2 is 1.92 bits per heavy atom. The molecule has 2 heterocycles. The second kappa shape index (κ2) is 7.88. The van der Waals surface area contributed by atoms with Crippen LogP contribution in [0.3, 0.4) is 0 Å². The molecule has 0 spiro atoms. The highest BCUT2D eigenvalue weighted by atomic mass is 35.5. The van der Waals surface area contributed by atoms with E-state index in [2.05, 4.69) is 24.0 Å². The number of nitrogen functional groups attached to an aromatic ring is 1. The van der Waals surface area contributed by atoms with Crippen LogP contribution in [0.1, 0.15) is 27.2 Å². The van der Waals surface area contributed by atoms with E-state index in [0.717, 1.165) is 13.1 Å². The van der Waals surface area contributed by atoms with Crippen LogP contribution in [0.5, 0.6) is 0 Å². The third-order valence-corrected chi connectivity index (χ3v) is 5.96. The summed E-state index contributed by atoms with van der Waals surface area (Å²) in [6.07, 6.45) is 1.17. The molecule has 1 aliphatic heterocycles. The summed E-state index contributed by atoms with van der Waals surface area (Å²) in [5.41, 5.74) is 0.716. The van der Waals surface area contributed by atoms with E-state index in [1.165, 1.54) is 22.9 Å². The van der Waals surface area contributed by atoms with Gasteiger partial charge < -0.3 is 10.7 Å². The Hall–Kier alpha value is -1.73. The SMILES string of the molecule is CC1CC(C)CN(C(=O)C(C)Sc2nnc(-c3ccccc3Cl)n2N)C1. The smallest absolute Gasteiger partial charge is 0.235 e. The van der Waals surface area contributed by atoms with Crippen molar-refractivity contribution in [3.63, 3.8) is 0 Å². The van der Waals surface area contributed by atoms with E-state index in [-0.39, 0.29) is 11.2 Å². The predicted molar refractivity (Wildman–Crippen MR) is 105 cm³/mol. The van der Waals surface area contributed by atoms with Gasteiger partial charge in [-0.2, -0.15) is 0 Å². The normalized spacial score (nSPS) is 21.6. The van der Waals surface area contributed by atoms with E-state index in [9.17, 15) is 4.79 Å². The molecule has 6 nitrogen and oxygen atoms in total. The number of rotatable bonds is 4. The zero-order chi connectivity index (χ0) is 18.8. The van der Waals surface area contributed by atoms with Crippen molar-refractivity contribution < 1.29 is 4.79 Å². The number of hydrogen-bond donors (Lipinski definition) is 1. The second-order valence-electron chi connectivity index (χ2n) is 7.11. The monoisotopic (exact) mass is 393 g/mol. The maximum absolute atomic E-state index is 12.8. The molecule has 1 amide bonds. The molecule has 0 bridgehead atoms. The van der Waals surface area contributed by atoms with Gasteiger partial charge in [-0.25, -0.2) is 4.68 Å². The van der Waals surface area contributed by atoms with E-state index in [4.69, 9.17) is 17.4 Å². The lowest BCUT2D eigenvalue weighted by Gasteiger charge is -2.36. The molecular formula is C18H24ClN5OS. The summed E-state index contributed by atoms with van der Waals surface area (Å²) in [5, 5.41) is 9.08. The van der Waals surface area contributed by atoms with Gasteiger partial charge in [-0.15, -0.1) is 10.2 Å². The van der Waals surface area contributed by atoms with Crippen LogP contribution in [0, 0.1) is 11.8 Å². The molecule has 140 valence electrons. The lowest BCUT2D eigenvalue weighted by Crippen LogP contribution is -2.45. The van der Waals surface area contributed by atoms with E-state index in [0.29, 0.717) is 33.4 Å². The lowest BCUT2D eigenvalue weighted by molar-refractivity contribution is -0.132. The summed E-state index contributed by atoms with van der Waals surface area (Å²) in [6.45, 7) is 7.91. The third-order valence-electron chi connectivity index (χ3n) is 4.59. The number of thioether (sulfide) groups is 1. The van der Waals surface area contributed by atoms with Crippen molar-refractivity contribution in [3.8, 4) is 11.4 Å². The van der Waals surface area contributed by atoms with E-state index < -0.39 is 0 Å². The van der Waals surface area contributed by atoms with Gasteiger partial charge >= 0.3 is 0 Å². The van der Waals surface area contributed by atoms with E-state index in [1.54, 1.807) is 6.07 Å². The van der Waals surface area contributed by atoms with Gasteiger partial charge in [0.1, 0.15) is 0 Å². The minimum Gasteiger partial charge on any atom is -0.341 e. The maximum atomic E-state index is 12.8. The van der Waals surface area contributed by atoms with Gasteiger partial charge in [0.2, 0.25) is 11.1 Å². The van der Waals surface area contributed by atoms with Crippen molar-refractivity contribution in [1.82, 2.24) is 19.8 Å². The number of amides is 1. The fraction of sp³-hybridized carbons (Fsp3) is 0.500. The number of likely N-dealkylation sites (tertiary alicyclic amines) is 1. The Balaban J connectivity index is 1.73. The Labute approximate surface area is 163 Å². The van der Waals surface area contributed by atoms with Crippen LogP contribution in [0.25, 0.3) is 11.4 Å². The van der Waals surface area contributed by atoms with Crippen LogP contribution >= 0.6 is 23.4 Å². The molecule has 0 saturated carbocycles. The minimum absolute atomic E-state index is 0.121. The molecule has 3 rings (SSSR count). The molecule has 1 fully saturated rings. The second-order valence-corrected chi connectivity index (χ2v) is 8.82. The van der Waals surface area contributed by atoms with Gasteiger partial charge in [-0.3, -0.25) is 4.79 Å². The third kappa shape index (κ3) is 3.99. The van der Waals surface area contributed by atoms with Gasteiger partial charge in [0.15, 0.2) is 5.82 Å². The Kier molecular flexibility index (Phi) is 5.77. The summed E-state index contributed by atoms with van der Waals surface area (Å²) >= 11 is 7.55. The summed E-state index contributed by atoms with van der Waals surface area (Å²) in [4.78, 5) is 14.8. The molecule has 3 unspecified atom stereocenters. The summed E-state index contributed by atoms with van der Waals surface area (Å²) in [7, 11) is 0. The standard InChI is InChI=1S/C18H24ClN5OS/c1-11-8-12(2)10-23(9-11)17(25)13(3)26-18-22-21-16(24(18)20)14-6-4-5-7-15(14)19/h4-7,11-13H,8-10,20H2,1-3H3. The van der Waals surface area contributed by atoms with Crippen LogP contribution in [0.15, 0.2) is 29.4 Å². The number of nitrogens with zero attached hydrogens (tertiary/aromatic N) is 4. The Morgan fingerprint density at radius 1 is 1.27 bits per heavy atom. The number of aromatic nitrogens is 3. The number of carbonyl (C=O) groups excluding carboxylic acids is 1. The van der Waals surface area contributed by atoms with Crippen molar-refractivity contribution in [2.24, 2.45) is 11.8 Å². The Morgan fingerprint density at radius 3 is 2.58 bits per heavy atom. The first-order chi connectivity index (χ1) is 12.4. The zero-order valence-electron chi connectivity index (χ0n) is 15.2. The number of nitrogens with two attached hydrogens (primary N) is 1. The number of carbonyl (C=O) groups is 1. The molecule has 26 heavy (non-hydrogen) atoms. The largest absolute Gasteiger partial charge is 0.341 e. The number of piperidine rings is 1. The molecular weight excluding hydrogens is 370 g/mol. The van der Waals surface area contributed by atoms with E-state index in [1.807, 2.05) is 30.0 Å². The van der Waals surface area contributed by atoms with Crippen LogP contribution in [0.2, 0.25) is 5.02 Å². The van der Waals surface area contributed by atoms with Gasteiger partial charge in [-0.05, 0) is 37.3 Å². The molecule has 0 aliphatic carbocycles. The molecule has 1 aliphatic rings. The maximum Gasteiger partial charge on any atom is 0.235 e. The fourth-order valence-corrected chi connectivity index (χ4v) is 4.57. The zero-order valence-corrected chi connectivity index (χ0v) is 16.8. The van der Waals surface area contributed by atoms with Gasteiger partial charge in [0.05, 0.1) is 10.3 Å². The van der Waals surface area contributed by atoms with Gasteiger partial charge in [0.25, 0.3) is 0 Å². The molecule has 3 atom stereocenters. The molecule has 2 aromatic rings. The lowest BCUT2D eigenvalue weighted by atomic mass is 9.92. The van der Waals surface area contributed by atoms with Gasteiger partial charge in [-0.1, -0.05) is 49.3 Å². The van der Waals surface area contributed by atoms with Crippen molar-refractivity contribution in [2.75, 3.05) is 18.9 Å². The molecule has 1 saturated heterocycles. The van der Waals surface area contributed by atoms with Crippen molar-refractivity contribution in [3.05, 3.63) is 29.3 Å². The van der Waals surface area contributed by atoms with Crippen LogP contribution in [0.4, 0.5) is 0 Å². The molecule has 1 aromatic heterocycles. The predicted octanol–water partition coefficient (Wildman–Crippen LogP) is 3.30. The molecule has 2 N–H and O–H groups in total. The number of benzene rings is 1. The minimum atomic E-state index is -0.280. The average Bonchev–Trinajstić information content (AvgIpc) is 2.94. The highest BCUT2D eigenvalue weighted by Gasteiger charge is 2.29. The van der Waals surface area contributed by atoms with E-state index >= 15 is 0 Å². The summed E-state index contributed by atoms with van der Waals surface area (Å²) in [6, 6.07) is 7.34. The molecule has 0 radical (unpaired) electrons. The highest BCUT2D eigenvalue weighted by molar-refractivity contribution is 8.00. The summed E-state index contributed by atoms with van der Waals surface area (Å²) in [5.74, 6) is 7.83. The van der Waals surface area contributed by atoms with Crippen molar-refractivity contribution in [1.29, 1.82) is 0 Å². The molecule has 1 aromatic carbocycles. The molecule has 8 heteroatoms. The van der Waals surface area contributed by atoms with Crippen LogP contribution < -0.4 is 5.84 Å². The Bertz CT molecular complexity index is 786. The topological polar surface area (TPSA) is 77.0 Å². The van der Waals surface area contributed by atoms with Crippen molar-refractivity contribution in [2.45, 2.75) is 37.6 Å².